The van der Waals surface area contributed by atoms with Crippen molar-refractivity contribution >= 4 is 23.4 Å². The van der Waals surface area contributed by atoms with Crippen LogP contribution in [0.5, 0.6) is 17.2 Å². The van der Waals surface area contributed by atoms with E-state index in [0.29, 0.717) is 42.5 Å². The summed E-state index contributed by atoms with van der Waals surface area (Å²) in [5.41, 5.74) is 7.47. The van der Waals surface area contributed by atoms with Gasteiger partial charge in [-0.2, -0.15) is 0 Å². The second-order valence-corrected chi connectivity index (χ2v) is 17.7. The van der Waals surface area contributed by atoms with E-state index in [1.54, 1.807) is 24.1 Å². The third-order valence-electron chi connectivity index (χ3n) is 14.4. The van der Waals surface area contributed by atoms with Crippen LogP contribution < -0.4 is 19.7 Å². The number of amides is 3. The molecule has 0 radical (unpaired) electrons. The molecule has 3 atom stereocenters. The Labute approximate surface area is 344 Å². The fraction of sp³-hybridized carbons (Fsp3) is 0.438. The number of aryl methyl sites for hydroxylation is 1. The molecule has 306 valence electrons. The maximum atomic E-state index is 16.4. The van der Waals surface area contributed by atoms with E-state index in [1.807, 2.05) is 30.3 Å². The number of rotatable bonds is 7. The zero-order chi connectivity index (χ0) is 40.4. The Morgan fingerprint density at radius 3 is 2.44 bits per heavy atom. The van der Waals surface area contributed by atoms with Crippen LogP contribution in [0.15, 0.2) is 72.8 Å². The number of phenolic OH excluding ortho intramolecular Hbond substituents is 1. The lowest BCUT2D eigenvalue weighted by atomic mass is 9.69. The van der Waals surface area contributed by atoms with E-state index in [-0.39, 0.29) is 47.1 Å². The van der Waals surface area contributed by atoms with Gasteiger partial charge in [0.25, 0.3) is 5.91 Å². The van der Waals surface area contributed by atoms with Crippen LogP contribution in [0.3, 0.4) is 0 Å². The summed E-state index contributed by atoms with van der Waals surface area (Å²) in [5.74, 6) is 1.19. The van der Waals surface area contributed by atoms with Gasteiger partial charge in [-0.15, -0.1) is 0 Å². The molecule has 6 aliphatic rings. The lowest BCUT2D eigenvalue weighted by Gasteiger charge is -2.41. The van der Waals surface area contributed by atoms with Crippen LogP contribution in [0.25, 0.3) is 0 Å². The standard InChI is InChI=1S/C48H51FN4O6/c1-58-42-25-41(39(49)23-37(42)45-34(30-5-3-2-4-6-30)9-7-31-21-33(54)8-10-35(31)45)52-17-13-29(14-18-52)26-51-19-15-48(16-20-51)28-59-43-24-36-32(22-38(43)48)27-53(47(36)57)40-11-12-44(55)50-46(40)56/h2-6,8,10,21-25,29,34,40,45,54H,7,9,11-20,26-28H2,1H3,(H,50,55,56)/t34-,40+,45+/m1/s1. The number of methoxy groups -OCH3 is 1. The molecule has 5 aliphatic heterocycles. The first-order valence-corrected chi connectivity index (χ1v) is 21.3. The molecule has 3 fully saturated rings. The highest BCUT2D eigenvalue weighted by Gasteiger charge is 2.46. The lowest BCUT2D eigenvalue weighted by Crippen LogP contribution is -2.52. The van der Waals surface area contributed by atoms with Crippen LogP contribution >= 0.6 is 0 Å². The highest BCUT2D eigenvalue weighted by Crippen LogP contribution is 2.51. The van der Waals surface area contributed by atoms with E-state index in [0.717, 1.165) is 99.3 Å². The first-order valence-electron chi connectivity index (χ1n) is 21.3. The van der Waals surface area contributed by atoms with E-state index in [9.17, 15) is 19.5 Å². The number of hydrogen-bond donors (Lipinski definition) is 2. The third kappa shape index (κ3) is 6.71. The summed E-state index contributed by atoms with van der Waals surface area (Å²) in [7, 11) is 1.68. The smallest absolute Gasteiger partial charge is 0.255 e. The van der Waals surface area contributed by atoms with Crippen LogP contribution in [0.2, 0.25) is 0 Å². The Balaban J connectivity index is 0.788. The van der Waals surface area contributed by atoms with Gasteiger partial charge in [-0.05, 0) is 122 Å². The normalized spacial score (nSPS) is 24.1. The van der Waals surface area contributed by atoms with Crippen LogP contribution in [0.1, 0.15) is 101 Å². The second kappa shape index (κ2) is 15.0. The molecule has 11 heteroatoms. The molecule has 4 aromatic carbocycles. The topological polar surface area (TPSA) is 112 Å². The summed E-state index contributed by atoms with van der Waals surface area (Å²) in [6.07, 6.45) is 6.22. The SMILES string of the molecule is COc1cc(N2CCC(CN3CCC4(CC3)COc3cc5c(cc34)CN([C@H]3CCC(=O)NC3=O)C5=O)CC2)c(F)cc1[C@@H]1c2ccc(O)cc2CC[C@@H]1c1ccccc1. The average Bonchev–Trinajstić information content (AvgIpc) is 3.76. The molecular formula is C48H51FN4O6. The minimum atomic E-state index is -0.634. The first kappa shape index (κ1) is 37.8. The van der Waals surface area contributed by atoms with Crippen LogP contribution in [-0.4, -0.2) is 85.1 Å². The summed E-state index contributed by atoms with van der Waals surface area (Å²) < 4.78 is 28.7. The van der Waals surface area contributed by atoms with Gasteiger partial charge in [0.05, 0.1) is 19.4 Å². The van der Waals surface area contributed by atoms with Crippen molar-refractivity contribution in [3.05, 3.63) is 118 Å². The van der Waals surface area contributed by atoms with Gasteiger partial charge in [-0.1, -0.05) is 36.4 Å². The van der Waals surface area contributed by atoms with E-state index in [2.05, 4.69) is 45.4 Å². The summed E-state index contributed by atoms with van der Waals surface area (Å²) in [5, 5.41) is 12.7. The fourth-order valence-electron chi connectivity index (χ4n) is 11.2. The average molecular weight is 799 g/mol. The number of anilines is 1. The van der Waals surface area contributed by atoms with Gasteiger partial charge in [-0.25, -0.2) is 4.39 Å². The Morgan fingerprint density at radius 1 is 0.881 bits per heavy atom. The van der Waals surface area contributed by atoms with Crippen molar-refractivity contribution in [3.63, 3.8) is 0 Å². The number of carbonyl (C=O) groups excluding carboxylic acids is 3. The first-order chi connectivity index (χ1) is 28.7. The van der Waals surface area contributed by atoms with E-state index in [4.69, 9.17) is 9.47 Å². The molecule has 0 saturated carbocycles. The molecule has 5 heterocycles. The van der Waals surface area contributed by atoms with Gasteiger partial charge in [0.2, 0.25) is 11.8 Å². The van der Waals surface area contributed by atoms with Crippen molar-refractivity contribution in [2.45, 2.75) is 81.2 Å². The number of hydrogen-bond acceptors (Lipinski definition) is 8. The van der Waals surface area contributed by atoms with E-state index in [1.165, 1.54) is 11.1 Å². The number of carbonyl (C=O) groups is 3. The number of benzene rings is 4. The zero-order valence-corrected chi connectivity index (χ0v) is 33.6. The van der Waals surface area contributed by atoms with Gasteiger partial charge in [-0.3, -0.25) is 19.7 Å². The van der Waals surface area contributed by atoms with Gasteiger partial charge >= 0.3 is 0 Å². The fourth-order valence-corrected chi connectivity index (χ4v) is 11.2. The van der Waals surface area contributed by atoms with Crippen molar-refractivity contribution in [2.75, 3.05) is 51.3 Å². The Morgan fingerprint density at radius 2 is 1.68 bits per heavy atom. The highest BCUT2D eigenvalue weighted by molar-refractivity contribution is 6.05. The number of likely N-dealkylation sites (tertiary alicyclic amines) is 1. The Hall–Kier alpha value is -5.42. The van der Waals surface area contributed by atoms with Crippen molar-refractivity contribution in [3.8, 4) is 17.2 Å². The molecule has 0 aromatic heterocycles. The number of phenols is 1. The minimum Gasteiger partial charge on any atom is -0.508 e. The predicted molar refractivity (Wildman–Crippen MR) is 221 cm³/mol. The molecule has 2 N–H and O–H groups in total. The second-order valence-electron chi connectivity index (χ2n) is 17.7. The number of nitrogens with one attached hydrogen (secondary N) is 1. The highest BCUT2D eigenvalue weighted by atomic mass is 19.1. The molecule has 3 saturated heterocycles. The quantitative estimate of drug-likeness (QED) is 0.197. The molecule has 10 rings (SSSR count). The predicted octanol–water partition coefficient (Wildman–Crippen LogP) is 6.81. The molecule has 59 heavy (non-hydrogen) atoms. The van der Waals surface area contributed by atoms with Gasteiger partial charge < -0.3 is 29.3 Å². The van der Waals surface area contributed by atoms with Crippen molar-refractivity contribution in [1.82, 2.24) is 15.1 Å². The van der Waals surface area contributed by atoms with Crippen molar-refractivity contribution in [1.29, 1.82) is 0 Å². The number of nitrogens with zero attached hydrogens (tertiary/aromatic N) is 3. The number of piperidine rings is 3. The number of aromatic hydroxyl groups is 1. The van der Waals surface area contributed by atoms with Crippen LogP contribution in [0, 0.1) is 11.7 Å². The molecule has 10 nitrogen and oxygen atoms in total. The maximum absolute atomic E-state index is 16.4. The number of imide groups is 1. The van der Waals surface area contributed by atoms with Gasteiger partial charge in [0.1, 0.15) is 29.1 Å². The molecule has 0 bridgehead atoms. The number of fused-ring (bicyclic) bond motifs is 4. The van der Waals surface area contributed by atoms with E-state index >= 15 is 4.39 Å². The maximum Gasteiger partial charge on any atom is 0.255 e. The Kier molecular flexibility index (Phi) is 9.61. The molecule has 4 aromatic rings. The van der Waals surface area contributed by atoms with Crippen LogP contribution in [0.4, 0.5) is 10.1 Å². The Bertz CT molecular complexity index is 2320. The third-order valence-corrected chi connectivity index (χ3v) is 14.4. The molecular weight excluding hydrogens is 748 g/mol. The van der Waals surface area contributed by atoms with Crippen LogP contribution in [-0.2, 0) is 28.0 Å². The number of halogens is 1. The summed E-state index contributed by atoms with van der Waals surface area (Å²) in [4.78, 5) is 44.1. The van der Waals surface area contributed by atoms with Gasteiger partial charge in [0.15, 0.2) is 0 Å². The van der Waals surface area contributed by atoms with Gasteiger partial charge in [0, 0.05) is 66.7 Å². The lowest BCUT2D eigenvalue weighted by molar-refractivity contribution is -0.136. The molecule has 1 aliphatic carbocycles. The van der Waals surface area contributed by atoms with Crippen molar-refractivity contribution < 1.29 is 33.4 Å². The monoisotopic (exact) mass is 798 g/mol. The minimum absolute atomic E-state index is 0.0966. The number of ether oxygens (including phenoxy) is 2. The largest absolute Gasteiger partial charge is 0.508 e. The molecule has 1 spiro atoms. The summed E-state index contributed by atoms with van der Waals surface area (Å²) in [6, 6.07) is 23.1. The summed E-state index contributed by atoms with van der Waals surface area (Å²) >= 11 is 0. The van der Waals surface area contributed by atoms with Crippen molar-refractivity contribution in [2.24, 2.45) is 5.92 Å². The molecule has 0 unspecified atom stereocenters. The zero-order valence-electron chi connectivity index (χ0n) is 33.6. The van der Waals surface area contributed by atoms with E-state index < -0.39 is 11.9 Å². The summed E-state index contributed by atoms with van der Waals surface area (Å²) in [6.45, 7) is 5.47. The molecule has 3 amide bonds.